The second-order valence-corrected chi connectivity index (χ2v) is 4.11. The Bertz CT molecular complexity index is 614. The molecule has 4 nitrogen and oxygen atoms in total. The molecule has 0 radical (unpaired) electrons. The molecule has 0 spiro atoms. The van der Waals surface area contributed by atoms with E-state index in [1.54, 1.807) is 24.3 Å². The van der Waals surface area contributed by atoms with Crippen molar-refractivity contribution < 1.29 is 14.0 Å². The highest BCUT2D eigenvalue weighted by Crippen LogP contribution is 2.05. The van der Waals surface area contributed by atoms with Crippen molar-refractivity contribution in [3.05, 3.63) is 66.0 Å². The number of carbonyl (C=O) groups excluding carboxylic acids is 2. The first-order valence-corrected chi connectivity index (χ1v) is 6.04. The Kier molecular flexibility index (Phi) is 4.44. The monoisotopic (exact) mass is 272 g/mol. The maximum Gasteiger partial charge on any atom is 0.251 e. The third kappa shape index (κ3) is 3.91. The Morgan fingerprint density at radius 1 is 1.00 bits per heavy atom. The van der Waals surface area contributed by atoms with Crippen LogP contribution in [-0.2, 0) is 4.79 Å². The van der Waals surface area contributed by atoms with Gasteiger partial charge < -0.3 is 10.6 Å². The minimum atomic E-state index is -0.494. The van der Waals surface area contributed by atoms with Crippen LogP contribution in [0.3, 0.4) is 0 Å². The molecule has 0 aliphatic rings. The molecule has 0 heterocycles. The Labute approximate surface area is 115 Å². The van der Waals surface area contributed by atoms with Crippen molar-refractivity contribution in [1.82, 2.24) is 5.32 Å². The number of amides is 2. The summed E-state index contributed by atoms with van der Waals surface area (Å²) in [6.07, 6.45) is 0. The fourth-order valence-electron chi connectivity index (χ4n) is 1.62. The lowest BCUT2D eigenvalue weighted by atomic mass is 10.2. The molecule has 2 aromatic rings. The molecule has 20 heavy (non-hydrogen) atoms. The lowest BCUT2D eigenvalue weighted by Gasteiger charge is -2.07. The average Bonchev–Trinajstić information content (AvgIpc) is 2.46. The number of anilines is 1. The molecule has 0 aliphatic heterocycles. The Balaban J connectivity index is 1.86. The predicted molar refractivity (Wildman–Crippen MR) is 73.8 cm³/mol. The average molecular weight is 272 g/mol. The number of nitrogens with one attached hydrogen (secondary N) is 2. The van der Waals surface area contributed by atoms with Gasteiger partial charge in [-0.15, -0.1) is 0 Å². The van der Waals surface area contributed by atoms with Crippen molar-refractivity contribution >= 4 is 17.5 Å². The predicted octanol–water partition coefficient (Wildman–Crippen LogP) is 2.19. The van der Waals surface area contributed by atoms with Crippen molar-refractivity contribution in [2.45, 2.75) is 0 Å². The summed E-state index contributed by atoms with van der Waals surface area (Å²) in [4.78, 5) is 23.3. The molecule has 0 aliphatic carbocycles. The van der Waals surface area contributed by atoms with Crippen LogP contribution in [0.4, 0.5) is 10.1 Å². The van der Waals surface area contributed by atoms with E-state index in [1.165, 1.54) is 18.2 Å². The van der Waals surface area contributed by atoms with Gasteiger partial charge in [0.05, 0.1) is 6.54 Å². The molecule has 0 aromatic heterocycles. The summed E-state index contributed by atoms with van der Waals surface area (Å²) in [5.41, 5.74) is 0.829. The van der Waals surface area contributed by atoms with E-state index in [4.69, 9.17) is 0 Å². The van der Waals surface area contributed by atoms with Gasteiger partial charge in [0, 0.05) is 11.3 Å². The summed E-state index contributed by atoms with van der Waals surface area (Å²) < 4.78 is 13.0. The highest BCUT2D eigenvalue weighted by molar-refractivity contribution is 5.99. The van der Waals surface area contributed by atoms with Crippen LogP contribution >= 0.6 is 0 Å². The molecule has 2 rings (SSSR count). The molecule has 2 aromatic carbocycles. The van der Waals surface area contributed by atoms with Crippen LogP contribution in [0.15, 0.2) is 54.6 Å². The molecule has 0 unspecified atom stereocenters. The van der Waals surface area contributed by atoms with Gasteiger partial charge in [0.1, 0.15) is 5.82 Å². The fraction of sp³-hybridized carbons (Fsp3) is 0.0667. The fourth-order valence-corrected chi connectivity index (χ4v) is 1.62. The van der Waals surface area contributed by atoms with E-state index in [9.17, 15) is 14.0 Å². The quantitative estimate of drug-likeness (QED) is 0.896. The number of halogens is 1. The molecule has 0 saturated heterocycles. The SMILES string of the molecule is O=C(CNC(=O)c1cccc(F)c1)Nc1ccccc1. The third-order valence-corrected chi connectivity index (χ3v) is 2.55. The van der Waals surface area contributed by atoms with Crippen molar-refractivity contribution in [2.75, 3.05) is 11.9 Å². The van der Waals surface area contributed by atoms with E-state index in [2.05, 4.69) is 10.6 Å². The first-order chi connectivity index (χ1) is 9.65. The molecule has 0 atom stereocenters. The van der Waals surface area contributed by atoms with Crippen molar-refractivity contribution in [3.63, 3.8) is 0 Å². The number of para-hydroxylation sites is 1. The summed E-state index contributed by atoms with van der Waals surface area (Å²) in [7, 11) is 0. The summed E-state index contributed by atoms with van der Waals surface area (Å²) >= 11 is 0. The van der Waals surface area contributed by atoms with E-state index >= 15 is 0 Å². The van der Waals surface area contributed by atoms with Crippen molar-refractivity contribution in [2.24, 2.45) is 0 Å². The van der Waals surface area contributed by atoms with Gasteiger partial charge in [-0.05, 0) is 30.3 Å². The van der Waals surface area contributed by atoms with Crippen LogP contribution in [-0.4, -0.2) is 18.4 Å². The van der Waals surface area contributed by atoms with Crippen LogP contribution in [0.1, 0.15) is 10.4 Å². The molecule has 2 N–H and O–H groups in total. The maximum absolute atomic E-state index is 13.0. The van der Waals surface area contributed by atoms with Crippen molar-refractivity contribution in [3.8, 4) is 0 Å². The topological polar surface area (TPSA) is 58.2 Å². The summed E-state index contributed by atoms with van der Waals surface area (Å²) in [5, 5.41) is 5.06. The van der Waals surface area contributed by atoms with Crippen molar-refractivity contribution in [1.29, 1.82) is 0 Å². The van der Waals surface area contributed by atoms with E-state index in [-0.39, 0.29) is 18.0 Å². The van der Waals surface area contributed by atoms with Gasteiger partial charge >= 0.3 is 0 Å². The lowest BCUT2D eigenvalue weighted by Crippen LogP contribution is -2.32. The first kappa shape index (κ1) is 13.7. The molecule has 102 valence electrons. The van der Waals surface area contributed by atoms with Gasteiger partial charge in [-0.1, -0.05) is 24.3 Å². The standard InChI is InChI=1S/C15H13FN2O2/c16-12-6-4-5-11(9-12)15(20)17-10-14(19)18-13-7-2-1-3-8-13/h1-9H,10H2,(H,17,20)(H,18,19). The van der Waals surface area contributed by atoms with Gasteiger partial charge in [0.2, 0.25) is 5.91 Å². The Morgan fingerprint density at radius 2 is 1.75 bits per heavy atom. The van der Waals surface area contributed by atoms with Crippen LogP contribution in [0.2, 0.25) is 0 Å². The molecule has 0 fully saturated rings. The third-order valence-electron chi connectivity index (χ3n) is 2.55. The molecular weight excluding hydrogens is 259 g/mol. The molecular formula is C15H13FN2O2. The van der Waals surface area contributed by atoms with E-state index < -0.39 is 11.7 Å². The van der Waals surface area contributed by atoms with Gasteiger partial charge in [0.15, 0.2) is 0 Å². The smallest absolute Gasteiger partial charge is 0.251 e. The van der Waals surface area contributed by atoms with Gasteiger partial charge in [-0.25, -0.2) is 4.39 Å². The van der Waals surface area contributed by atoms with E-state index in [0.29, 0.717) is 5.69 Å². The largest absolute Gasteiger partial charge is 0.343 e. The van der Waals surface area contributed by atoms with Gasteiger partial charge in [0.25, 0.3) is 5.91 Å². The summed E-state index contributed by atoms with van der Waals surface area (Å²) in [6, 6.07) is 14.2. The zero-order chi connectivity index (χ0) is 14.4. The zero-order valence-electron chi connectivity index (χ0n) is 10.6. The van der Waals surface area contributed by atoms with E-state index in [1.807, 2.05) is 6.07 Å². The summed E-state index contributed by atoms with van der Waals surface area (Å²) in [5.74, 6) is -1.33. The van der Waals surface area contributed by atoms with Crippen LogP contribution in [0, 0.1) is 5.82 Å². The molecule has 5 heteroatoms. The Morgan fingerprint density at radius 3 is 2.45 bits per heavy atom. The highest BCUT2D eigenvalue weighted by atomic mass is 19.1. The van der Waals surface area contributed by atoms with E-state index in [0.717, 1.165) is 6.07 Å². The van der Waals surface area contributed by atoms with Crippen LogP contribution in [0.25, 0.3) is 0 Å². The van der Waals surface area contributed by atoms with Gasteiger partial charge in [-0.3, -0.25) is 9.59 Å². The number of rotatable bonds is 4. The normalized spacial score (nSPS) is 9.85. The number of benzene rings is 2. The zero-order valence-corrected chi connectivity index (χ0v) is 10.6. The van der Waals surface area contributed by atoms with Crippen LogP contribution in [0.5, 0.6) is 0 Å². The summed E-state index contributed by atoms with van der Waals surface area (Å²) in [6.45, 7) is -0.176. The number of hydrogen-bond acceptors (Lipinski definition) is 2. The molecule has 2 amide bonds. The number of hydrogen-bond donors (Lipinski definition) is 2. The number of carbonyl (C=O) groups is 2. The Hall–Kier alpha value is -2.69. The lowest BCUT2D eigenvalue weighted by molar-refractivity contribution is -0.115. The highest BCUT2D eigenvalue weighted by Gasteiger charge is 2.08. The minimum absolute atomic E-state index is 0.176. The first-order valence-electron chi connectivity index (χ1n) is 6.04. The molecule has 0 saturated carbocycles. The second kappa shape index (κ2) is 6.47. The van der Waals surface area contributed by atoms with Gasteiger partial charge in [-0.2, -0.15) is 0 Å². The maximum atomic E-state index is 13.0. The molecule has 0 bridgehead atoms. The second-order valence-electron chi connectivity index (χ2n) is 4.11. The minimum Gasteiger partial charge on any atom is -0.343 e. The van der Waals surface area contributed by atoms with Crippen LogP contribution < -0.4 is 10.6 Å².